The number of aliphatic carboxylic acids is 1. The number of hydrogen-bond acceptors (Lipinski definition) is 10. The van der Waals surface area contributed by atoms with E-state index in [0.29, 0.717) is 56.0 Å². The van der Waals surface area contributed by atoms with E-state index in [1.54, 1.807) is 0 Å². The first kappa shape index (κ1) is 34.3. The van der Waals surface area contributed by atoms with E-state index in [9.17, 15) is 9.90 Å². The van der Waals surface area contributed by atoms with Crippen LogP contribution in [0, 0.1) is 19.3 Å². The van der Waals surface area contributed by atoms with E-state index in [-0.39, 0.29) is 10.7 Å². The van der Waals surface area contributed by atoms with Crippen molar-refractivity contribution in [1.29, 1.82) is 0 Å². The van der Waals surface area contributed by atoms with E-state index in [1.807, 2.05) is 34.6 Å². The van der Waals surface area contributed by atoms with Gasteiger partial charge in [0.1, 0.15) is 0 Å². The van der Waals surface area contributed by atoms with Gasteiger partial charge in [-0.3, -0.25) is 4.98 Å². The third-order valence-electron chi connectivity index (χ3n) is 9.64. The monoisotopic (exact) mass is 677 g/mol. The Morgan fingerprint density at radius 2 is 1.58 bits per heavy atom. The van der Waals surface area contributed by atoms with Crippen LogP contribution in [-0.4, -0.2) is 82.6 Å². The van der Waals surface area contributed by atoms with Gasteiger partial charge < -0.3 is 29.3 Å². The van der Waals surface area contributed by atoms with Gasteiger partial charge >= 0.3 is 5.97 Å². The number of aromatic nitrogens is 4. The number of rotatable bonds is 7. The Kier molecular flexibility index (Phi) is 9.58. The fourth-order valence-electron chi connectivity index (χ4n) is 7.01. The molecule has 3 aliphatic heterocycles. The van der Waals surface area contributed by atoms with Gasteiger partial charge in [-0.15, -0.1) is 0 Å². The van der Waals surface area contributed by atoms with Crippen molar-refractivity contribution in [2.75, 3.05) is 60.6 Å². The molecule has 0 aliphatic carbocycles. The number of fused-ring (bicyclic) bond motifs is 1. The van der Waals surface area contributed by atoms with Gasteiger partial charge in [-0.25, -0.2) is 4.79 Å². The van der Waals surface area contributed by atoms with Crippen LogP contribution in [0.4, 0.5) is 17.6 Å². The number of morpholine rings is 1. The number of nitrogens with zero attached hydrogens (tertiary/aromatic N) is 7. The number of hydrogen-bond donors (Lipinski definition) is 1. The van der Waals surface area contributed by atoms with Gasteiger partial charge in [-0.05, 0) is 87.6 Å². The normalized spacial score (nSPS) is 18.9. The van der Waals surface area contributed by atoms with Crippen LogP contribution < -0.4 is 14.7 Å². The molecule has 0 radical (unpaired) electrons. The summed E-state index contributed by atoms with van der Waals surface area (Å²) in [7, 11) is 0. The van der Waals surface area contributed by atoms with Crippen molar-refractivity contribution in [2.24, 2.45) is 5.41 Å². The highest BCUT2D eigenvalue weighted by molar-refractivity contribution is 6.28. The molecule has 0 amide bonds. The minimum atomic E-state index is -1.15. The van der Waals surface area contributed by atoms with Gasteiger partial charge in [0.25, 0.3) is 0 Å². The first-order valence-corrected chi connectivity index (χ1v) is 17.3. The summed E-state index contributed by atoms with van der Waals surface area (Å²) < 4.78 is 11.8. The molecule has 5 heterocycles. The molecule has 12 heteroatoms. The molecule has 1 atom stereocenters. The van der Waals surface area contributed by atoms with Gasteiger partial charge in [0.2, 0.25) is 17.2 Å². The van der Waals surface area contributed by atoms with Crippen molar-refractivity contribution in [3.63, 3.8) is 0 Å². The van der Waals surface area contributed by atoms with Crippen LogP contribution in [0.1, 0.15) is 81.6 Å². The minimum Gasteiger partial charge on any atom is -0.479 e. The molecule has 3 aromatic rings. The molecule has 2 aromatic heterocycles. The SMILES string of the molecule is Cc1nc(C)c(C(OC(C)(C)C)C(=O)O)c(N2CCC(C)(C)CC2)c1-c1ccc2c(c1)CCN(c1nc(Cl)nc(N3CCOCC3)n1)C2. The third-order valence-corrected chi connectivity index (χ3v) is 9.81. The van der Waals surface area contributed by atoms with E-state index in [4.69, 9.17) is 31.0 Å². The van der Waals surface area contributed by atoms with E-state index in [2.05, 4.69) is 56.7 Å². The molecular formula is C36H48ClN7O4. The molecule has 48 heavy (non-hydrogen) atoms. The Morgan fingerprint density at radius 1 is 0.917 bits per heavy atom. The highest BCUT2D eigenvalue weighted by atomic mass is 35.5. The van der Waals surface area contributed by atoms with Gasteiger partial charge in [-0.1, -0.05) is 32.0 Å². The predicted molar refractivity (Wildman–Crippen MR) is 188 cm³/mol. The van der Waals surface area contributed by atoms with E-state index in [0.717, 1.165) is 61.4 Å². The van der Waals surface area contributed by atoms with Crippen molar-refractivity contribution in [1.82, 2.24) is 19.9 Å². The largest absolute Gasteiger partial charge is 0.479 e. The fraction of sp³-hybridized carbons (Fsp3) is 0.583. The maximum Gasteiger partial charge on any atom is 0.337 e. The zero-order chi connectivity index (χ0) is 34.4. The second-order valence-corrected chi connectivity index (χ2v) is 15.3. The lowest BCUT2D eigenvalue weighted by Crippen LogP contribution is -2.39. The van der Waals surface area contributed by atoms with Crippen molar-refractivity contribution >= 4 is 35.2 Å². The van der Waals surface area contributed by atoms with Crippen LogP contribution in [0.5, 0.6) is 0 Å². The van der Waals surface area contributed by atoms with E-state index in [1.165, 1.54) is 11.1 Å². The maximum absolute atomic E-state index is 12.9. The lowest BCUT2D eigenvalue weighted by Gasteiger charge is -2.41. The third kappa shape index (κ3) is 7.38. The molecule has 0 bridgehead atoms. The number of carboxylic acid groups (broad SMARTS) is 1. The molecular weight excluding hydrogens is 630 g/mol. The number of carbonyl (C=O) groups is 1. The van der Waals surface area contributed by atoms with E-state index >= 15 is 0 Å². The van der Waals surface area contributed by atoms with Gasteiger partial charge in [0.05, 0.1) is 24.5 Å². The summed E-state index contributed by atoms with van der Waals surface area (Å²) in [5.74, 6) is 0.142. The summed E-state index contributed by atoms with van der Waals surface area (Å²) >= 11 is 6.39. The topological polar surface area (TPSA) is 117 Å². The number of benzene rings is 1. The van der Waals surface area contributed by atoms with Crippen molar-refractivity contribution in [3.05, 3.63) is 51.6 Å². The lowest BCUT2D eigenvalue weighted by atomic mass is 9.81. The first-order valence-electron chi connectivity index (χ1n) is 17.0. The summed E-state index contributed by atoms with van der Waals surface area (Å²) in [5, 5.41) is 10.7. The van der Waals surface area contributed by atoms with Crippen molar-refractivity contribution in [3.8, 4) is 11.1 Å². The fourth-order valence-corrected chi connectivity index (χ4v) is 7.16. The number of ether oxygens (including phenoxy) is 2. The average Bonchev–Trinajstić information content (AvgIpc) is 3.03. The average molecular weight is 678 g/mol. The quantitative estimate of drug-likeness (QED) is 0.309. The molecule has 1 N–H and O–H groups in total. The number of anilines is 3. The van der Waals surface area contributed by atoms with Gasteiger partial charge in [0, 0.05) is 61.8 Å². The number of piperidine rings is 1. The Bertz CT molecular complexity index is 1680. The minimum absolute atomic E-state index is 0.185. The summed E-state index contributed by atoms with van der Waals surface area (Å²) in [4.78, 5) is 38.1. The molecule has 1 unspecified atom stereocenters. The summed E-state index contributed by atoms with van der Waals surface area (Å²) in [5.41, 5.74) is 7.14. The zero-order valence-corrected chi connectivity index (χ0v) is 30.0. The molecule has 1 aromatic carbocycles. The van der Waals surface area contributed by atoms with Crippen LogP contribution in [-0.2, 0) is 27.2 Å². The molecule has 11 nitrogen and oxygen atoms in total. The predicted octanol–water partition coefficient (Wildman–Crippen LogP) is 6.17. The smallest absolute Gasteiger partial charge is 0.337 e. The first-order chi connectivity index (χ1) is 22.7. The molecule has 3 aliphatic rings. The van der Waals surface area contributed by atoms with Crippen LogP contribution in [0.25, 0.3) is 11.1 Å². The molecule has 2 saturated heterocycles. The number of carboxylic acids is 1. The molecule has 0 spiro atoms. The van der Waals surface area contributed by atoms with Crippen molar-refractivity contribution in [2.45, 2.75) is 86.0 Å². The number of pyridine rings is 1. The molecule has 0 saturated carbocycles. The Hall–Kier alpha value is -3.54. The highest BCUT2D eigenvalue weighted by Gasteiger charge is 2.37. The van der Waals surface area contributed by atoms with Gasteiger partial charge in [-0.2, -0.15) is 15.0 Å². The lowest BCUT2D eigenvalue weighted by molar-refractivity contribution is -0.160. The van der Waals surface area contributed by atoms with Crippen LogP contribution in [0.3, 0.4) is 0 Å². The standard InChI is InChI=1S/C36H48ClN7O4/c1-22-27(29(42-14-11-36(6,7)12-15-42)28(23(2)38-22)30(31(45)46)48-35(3,4)5)25-8-9-26-21-44(13-10-24(26)20-25)34-40-32(37)39-33(41-34)43-16-18-47-19-17-43/h8-9,20,30H,10-19,21H2,1-7H3,(H,45,46). The van der Waals surface area contributed by atoms with E-state index < -0.39 is 17.7 Å². The Morgan fingerprint density at radius 3 is 2.23 bits per heavy atom. The summed E-state index contributed by atoms with van der Waals surface area (Å²) in [6.07, 6.45) is 1.67. The summed E-state index contributed by atoms with van der Waals surface area (Å²) in [6.45, 7) is 20.0. The van der Waals surface area contributed by atoms with Gasteiger partial charge in [0.15, 0.2) is 6.10 Å². The maximum atomic E-state index is 12.9. The number of halogens is 1. The molecule has 6 rings (SSSR count). The molecule has 2 fully saturated rings. The number of aryl methyl sites for hydroxylation is 2. The van der Waals surface area contributed by atoms with Crippen LogP contribution >= 0.6 is 11.6 Å². The summed E-state index contributed by atoms with van der Waals surface area (Å²) in [6, 6.07) is 6.57. The van der Waals surface area contributed by atoms with Crippen molar-refractivity contribution < 1.29 is 19.4 Å². The highest BCUT2D eigenvalue weighted by Crippen LogP contribution is 2.45. The second kappa shape index (κ2) is 13.4. The van der Waals surface area contributed by atoms with Crippen LogP contribution in [0.2, 0.25) is 5.28 Å². The zero-order valence-electron chi connectivity index (χ0n) is 29.3. The second-order valence-electron chi connectivity index (χ2n) is 15.0. The molecule has 258 valence electrons. The van der Waals surface area contributed by atoms with Crippen LogP contribution in [0.15, 0.2) is 18.2 Å². The Balaban J connectivity index is 1.38. The Labute approximate surface area is 288 Å².